The molecule has 0 saturated carbocycles. The Morgan fingerprint density at radius 2 is 1.86 bits per heavy atom. The van der Waals surface area contributed by atoms with E-state index in [1.54, 1.807) is 0 Å². The van der Waals surface area contributed by atoms with Gasteiger partial charge in [0.1, 0.15) is 11.6 Å². The van der Waals surface area contributed by atoms with Crippen molar-refractivity contribution in [2.45, 2.75) is 0 Å². The van der Waals surface area contributed by atoms with Gasteiger partial charge in [-0.1, -0.05) is 6.07 Å². The third-order valence-electron chi connectivity index (χ3n) is 1.01. The average molecular weight is 92.1 g/mol. The van der Waals surface area contributed by atoms with E-state index >= 15 is 0 Å². The zero-order chi connectivity index (χ0) is 4.69. The minimum Gasteiger partial charge on any atom is -0.325 e. The lowest BCUT2D eigenvalue weighted by Gasteiger charge is -2.13. The van der Waals surface area contributed by atoms with E-state index in [1.807, 2.05) is 18.2 Å². The predicted molar refractivity (Wildman–Crippen MR) is 27.5 cm³/mol. The zero-order valence-corrected chi connectivity index (χ0v) is 3.68. The van der Waals surface area contributed by atoms with Crippen LogP contribution in [0.3, 0.4) is 0 Å². The van der Waals surface area contributed by atoms with Gasteiger partial charge in [-0.25, -0.2) is 4.98 Å². The van der Waals surface area contributed by atoms with Crippen LogP contribution in [0.2, 0.25) is 0 Å². The molecule has 0 saturated heterocycles. The van der Waals surface area contributed by atoms with Gasteiger partial charge in [0.05, 0.1) is 0 Å². The van der Waals surface area contributed by atoms with Gasteiger partial charge in [-0.3, -0.25) is 0 Å². The van der Waals surface area contributed by atoms with Crippen LogP contribution < -0.4 is 5.32 Å². The quantitative estimate of drug-likeness (QED) is 0.527. The molecule has 1 aromatic rings. The molecule has 34 valence electrons. The number of fused-ring (bicyclic) bond motifs is 2. The van der Waals surface area contributed by atoms with Crippen LogP contribution >= 0.6 is 0 Å². The van der Waals surface area contributed by atoms with Gasteiger partial charge in [0, 0.05) is 0 Å². The van der Waals surface area contributed by atoms with Crippen molar-refractivity contribution in [2.75, 3.05) is 5.32 Å². The Hall–Kier alpha value is -1.05. The first-order valence-electron chi connectivity index (χ1n) is 2.19. The van der Waals surface area contributed by atoms with E-state index in [2.05, 4.69) is 10.3 Å². The molecule has 0 radical (unpaired) electrons. The second kappa shape index (κ2) is 0.780. The lowest BCUT2D eigenvalue weighted by Crippen LogP contribution is -2.04. The Morgan fingerprint density at radius 1 is 1.29 bits per heavy atom. The molecule has 0 fully saturated rings. The highest BCUT2D eigenvalue weighted by atomic mass is 15.2. The molecule has 1 aromatic heterocycles. The fourth-order valence-corrected chi connectivity index (χ4v) is 0.652. The van der Waals surface area contributed by atoms with Crippen LogP contribution in [-0.2, 0) is 0 Å². The van der Waals surface area contributed by atoms with E-state index in [1.165, 1.54) is 0 Å². The summed E-state index contributed by atoms with van der Waals surface area (Å²) in [6, 6.07) is 5.86. The van der Waals surface area contributed by atoms with Crippen molar-refractivity contribution in [1.82, 2.24) is 4.98 Å². The number of aromatic nitrogens is 1. The standard InChI is InChI=1S/C5H4N2/c1-2-4-6-5(3-1)7-4/h1-3H,(H,6,7). The van der Waals surface area contributed by atoms with Crippen LogP contribution in [0, 0.1) is 0 Å². The van der Waals surface area contributed by atoms with Crippen molar-refractivity contribution >= 4 is 11.6 Å². The summed E-state index contributed by atoms with van der Waals surface area (Å²) >= 11 is 0. The maximum absolute atomic E-state index is 4.01. The van der Waals surface area contributed by atoms with Crippen molar-refractivity contribution in [3.05, 3.63) is 18.2 Å². The summed E-state index contributed by atoms with van der Waals surface area (Å²) in [5.41, 5.74) is 0. The highest BCUT2D eigenvalue weighted by molar-refractivity contribution is 5.62. The van der Waals surface area contributed by atoms with Gasteiger partial charge in [-0.15, -0.1) is 0 Å². The summed E-state index contributed by atoms with van der Waals surface area (Å²) in [4.78, 5) is 4.01. The number of hydrogen-bond donors (Lipinski definition) is 1. The SMILES string of the molecule is c1cc2nc(c1)N2. The topological polar surface area (TPSA) is 24.9 Å². The molecule has 3 heterocycles. The highest BCUT2D eigenvalue weighted by Gasteiger charge is 2.04. The molecule has 0 aliphatic carbocycles. The van der Waals surface area contributed by atoms with Crippen molar-refractivity contribution in [3.63, 3.8) is 0 Å². The number of nitrogens with one attached hydrogen (secondary N) is 1. The largest absolute Gasteiger partial charge is 0.325 e. The van der Waals surface area contributed by atoms with Crippen LogP contribution in [0.25, 0.3) is 0 Å². The van der Waals surface area contributed by atoms with E-state index in [-0.39, 0.29) is 0 Å². The molecule has 2 aliphatic heterocycles. The number of rotatable bonds is 0. The maximum atomic E-state index is 4.01. The Morgan fingerprint density at radius 3 is 2.00 bits per heavy atom. The molecule has 3 rings (SSSR count). The van der Waals surface area contributed by atoms with Gasteiger partial charge < -0.3 is 5.32 Å². The summed E-state index contributed by atoms with van der Waals surface area (Å²) in [5, 5.41) is 3.00. The predicted octanol–water partition coefficient (Wildman–Crippen LogP) is 1.14. The molecule has 0 spiro atoms. The first kappa shape index (κ1) is 3.02. The first-order chi connectivity index (χ1) is 3.45. The monoisotopic (exact) mass is 92.0 g/mol. The normalized spacial score (nSPS) is 12.0. The lowest BCUT2D eigenvalue weighted by atomic mass is 10.3. The summed E-state index contributed by atoms with van der Waals surface area (Å²) in [7, 11) is 0. The molecule has 2 bridgehead atoms. The molecule has 7 heavy (non-hydrogen) atoms. The Balaban J connectivity index is 2.78. The van der Waals surface area contributed by atoms with Crippen LogP contribution in [0.1, 0.15) is 0 Å². The molecular formula is C5H4N2. The average Bonchev–Trinajstić information content (AvgIpc) is 1.67. The minimum atomic E-state index is 0.984. The number of pyridine rings is 1. The van der Waals surface area contributed by atoms with Crippen molar-refractivity contribution in [2.24, 2.45) is 0 Å². The molecular weight excluding hydrogens is 88.1 g/mol. The minimum absolute atomic E-state index is 0.984. The van der Waals surface area contributed by atoms with E-state index in [0.29, 0.717) is 0 Å². The summed E-state index contributed by atoms with van der Waals surface area (Å²) in [6.07, 6.45) is 0. The fourth-order valence-electron chi connectivity index (χ4n) is 0.652. The van der Waals surface area contributed by atoms with Crippen molar-refractivity contribution < 1.29 is 0 Å². The van der Waals surface area contributed by atoms with Crippen LogP contribution in [0.5, 0.6) is 0 Å². The van der Waals surface area contributed by atoms with Crippen molar-refractivity contribution in [3.8, 4) is 0 Å². The third-order valence-corrected chi connectivity index (χ3v) is 1.01. The van der Waals surface area contributed by atoms with Gasteiger partial charge in [0.25, 0.3) is 0 Å². The first-order valence-corrected chi connectivity index (χ1v) is 2.19. The maximum Gasteiger partial charge on any atom is 0.133 e. The molecule has 0 aromatic carbocycles. The van der Waals surface area contributed by atoms with Gasteiger partial charge in [-0.05, 0) is 12.1 Å². The lowest BCUT2D eigenvalue weighted by molar-refractivity contribution is 1.20. The molecule has 1 N–H and O–H groups in total. The van der Waals surface area contributed by atoms with E-state index in [4.69, 9.17) is 0 Å². The third kappa shape index (κ3) is 0.257. The molecule has 2 aliphatic rings. The summed E-state index contributed by atoms with van der Waals surface area (Å²) < 4.78 is 0. The molecule has 0 atom stereocenters. The van der Waals surface area contributed by atoms with Crippen LogP contribution in [0.4, 0.5) is 11.6 Å². The van der Waals surface area contributed by atoms with Gasteiger partial charge in [0.2, 0.25) is 0 Å². The van der Waals surface area contributed by atoms with E-state index in [9.17, 15) is 0 Å². The summed E-state index contributed by atoms with van der Waals surface area (Å²) in [5.74, 6) is 1.97. The smallest absolute Gasteiger partial charge is 0.133 e. The number of anilines is 2. The molecule has 2 heteroatoms. The Kier molecular flexibility index (Phi) is 0.336. The van der Waals surface area contributed by atoms with Crippen LogP contribution in [0.15, 0.2) is 18.2 Å². The van der Waals surface area contributed by atoms with E-state index < -0.39 is 0 Å². The fraction of sp³-hybridized carbons (Fsp3) is 0. The Labute approximate surface area is 41.2 Å². The van der Waals surface area contributed by atoms with Gasteiger partial charge in [-0.2, -0.15) is 0 Å². The van der Waals surface area contributed by atoms with Gasteiger partial charge in [0.15, 0.2) is 0 Å². The molecule has 0 unspecified atom stereocenters. The molecule has 2 nitrogen and oxygen atoms in total. The van der Waals surface area contributed by atoms with Gasteiger partial charge >= 0.3 is 0 Å². The zero-order valence-electron chi connectivity index (χ0n) is 3.68. The second-order valence-electron chi connectivity index (χ2n) is 1.53. The number of nitrogens with zero attached hydrogens (tertiary/aromatic N) is 1. The second-order valence-corrected chi connectivity index (χ2v) is 1.53. The van der Waals surface area contributed by atoms with Crippen molar-refractivity contribution in [1.29, 1.82) is 0 Å². The number of hydrogen-bond acceptors (Lipinski definition) is 2. The van der Waals surface area contributed by atoms with Crippen LogP contribution in [-0.4, -0.2) is 4.98 Å². The van der Waals surface area contributed by atoms with E-state index in [0.717, 1.165) is 11.6 Å². The molecule has 0 amide bonds. The highest BCUT2D eigenvalue weighted by Crippen LogP contribution is 2.21. The Bertz CT molecular complexity index is 170. The summed E-state index contributed by atoms with van der Waals surface area (Å²) in [6.45, 7) is 0.